The SMILES string of the molecule is CC(C)(C)OC(O)N(CCCN1C(=O)c2ccccc2C1=O)c1ccc(N2CCOCC2)c(F)c1. The first kappa shape index (κ1) is 25.1. The smallest absolute Gasteiger partial charge is 0.261 e. The molecule has 2 heterocycles. The summed E-state index contributed by atoms with van der Waals surface area (Å²) in [5.74, 6) is -1.06. The van der Waals surface area contributed by atoms with Crippen molar-refractivity contribution in [1.29, 1.82) is 0 Å². The zero-order valence-corrected chi connectivity index (χ0v) is 20.4. The van der Waals surface area contributed by atoms with E-state index >= 15 is 4.39 Å². The zero-order valence-electron chi connectivity index (χ0n) is 20.4. The number of anilines is 2. The minimum Gasteiger partial charge on any atom is -0.378 e. The van der Waals surface area contributed by atoms with Gasteiger partial charge in [-0.05, 0) is 57.5 Å². The van der Waals surface area contributed by atoms with Crippen molar-refractivity contribution >= 4 is 23.2 Å². The quantitative estimate of drug-likeness (QED) is 0.454. The molecular weight excluding hydrogens is 453 g/mol. The lowest BCUT2D eigenvalue weighted by molar-refractivity contribution is -0.165. The second-order valence-corrected chi connectivity index (χ2v) is 9.65. The van der Waals surface area contributed by atoms with Crippen molar-refractivity contribution in [2.75, 3.05) is 49.2 Å². The maximum absolute atomic E-state index is 15.1. The van der Waals surface area contributed by atoms with Crippen LogP contribution in [0.5, 0.6) is 0 Å². The van der Waals surface area contributed by atoms with Gasteiger partial charge in [-0.1, -0.05) is 12.1 Å². The predicted octanol–water partition coefficient (Wildman–Crippen LogP) is 3.25. The molecule has 2 aliphatic rings. The van der Waals surface area contributed by atoms with Crippen molar-refractivity contribution in [2.45, 2.75) is 39.2 Å². The number of ether oxygens (including phenoxy) is 2. The summed E-state index contributed by atoms with van der Waals surface area (Å²) in [6.45, 7) is 8.15. The molecule has 8 nitrogen and oxygen atoms in total. The fourth-order valence-corrected chi connectivity index (χ4v) is 4.32. The van der Waals surface area contributed by atoms with Crippen LogP contribution in [0.15, 0.2) is 42.5 Å². The number of halogens is 1. The van der Waals surface area contributed by atoms with Crippen LogP contribution < -0.4 is 9.80 Å². The number of aliphatic hydroxyl groups excluding tert-OH is 1. The predicted molar refractivity (Wildman–Crippen MR) is 130 cm³/mol. The third-order valence-electron chi connectivity index (χ3n) is 6.00. The number of imide groups is 1. The maximum Gasteiger partial charge on any atom is 0.261 e. The van der Waals surface area contributed by atoms with Gasteiger partial charge in [0.15, 0.2) is 0 Å². The van der Waals surface area contributed by atoms with Crippen molar-refractivity contribution in [3.63, 3.8) is 0 Å². The standard InChI is InChI=1S/C26H32FN3O5/c1-26(2,3)35-25(33)29(18-9-10-22(21(27)17-18)28-13-15-34-16-14-28)11-6-12-30-23(31)19-7-4-5-8-20(19)24(30)32/h4-5,7-10,17,25,33H,6,11-16H2,1-3H3. The van der Waals surface area contributed by atoms with E-state index in [1.165, 1.54) is 15.9 Å². The molecule has 9 heteroatoms. The van der Waals surface area contributed by atoms with E-state index in [-0.39, 0.29) is 24.9 Å². The molecule has 2 aliphatic heterocycles. The van der Waals surface area contributed by atoms with Crippen LogP contribution in [0.2, 0.25) is 0 Å². The van der Waals surface area contributed by atoms with Crippen LogP contribution >= 0.6 is 0 Å². The number of amides is 2. The van der Waals surface area contributed by atoms with Crippen molar-refractivity contribution in [3.8, 4) is 0 Å². The van der Waals surface area contributed by atoms with Gasteiger partial charge in [-0.2, -0.15) is 0 Å². The summed E-state index contributed by atoms with van der Waals surface area (Å²) in [5.41, 5.74) is 1.07. The van der Waals surface area contributed by atoms with Gasteiger partial charge in [0.2, 0.25) is 6.41 Å². The van der Waals surface area contributed by atoms with E-state index in [0.29, 0.717) is 55.2 Å². The Kier molecular flexibility index (Phi) is 7.39. The Labute approximate surface area is 204 Å². The summed E-state index contributed by atoms with van der Waals surface area (Å²) in [7, 11) is 0. The lowest BCUT2D eigenvalue weighted by Crippen LogP contribution is -2.43. The number of rotatable bonds is 8. The molecule has 0 bridgehead atoms. The molecule has 1 fully saturated rings. The van der Waals surface area contributed by atoms with Crippen molar-refractivity contribution in [3.05, 3.63) is 59.4 Å². The molecule has 35 heavy (non-hydrogen) atoms. The lowest BCUT2D eigenvalue weighted by atomic mass is 10.1. The van der Waals surface area contributed by atoms with Crippen molar-refractivity contribution in [2.24, 2.45) is 0 Å². The minimum atomic E-state index is -1.34. The number of morpholine rings is 1. The van der Waals surface area contributed by atoms with Gasteiger partial charge in [-0.3, -0.25) is 14.5 Å². The number of aliphatic hydroxyl groups is 1. The molecule has 4 rings (SSSR count). The Hall–Kier alpha value is -3.01. The molecule has 2 amide bonds. The second kappa shape index (κ2) is 10.3. The summed E-state index contributed by atoms with van der Waals surface area (Å²) >= 11 is 0. The first-order valence-electron chi connectivity index (χ1n) is 11.9. The molecule has 0 saturated carbocycles. The van der Waals surface area contributed by atoms with Crippen LogP contribution in [0.1, 0.15) is 47.9 Å². The summed E-state index contributed by atoms with van der Waals surface area (Å²) < 4.78 is 26.2. The van der Waals surface area contributed by atoms with Gasteiger partial charge in [-0.25, -0.2) is 4.39 Å². The fourth-order valence-electron chi connectivity index (χ4n) is 4.32. The summed E-state index contributed by atoms with van der Waals surface area (Å²) in [4.78, 5) is 30.0. The van der Waals surface area contributed by atoms with Gasteiger partial charge >= 0.3 is 0 Å². The number of hydrogen-bond acceptors (Lipinski definition) is 7. The Morgan fingerprint density at radius 3 is 2.29 bits per heavy atom. The molecule has 188 valence electrons. The van der Waals surface area contributed by atoms with Gasteiger partial charge in [0.25, 0.3) is 11.8 Å². The molecule has 2 aromatic rings. The number of hydrogen-bond donors (Lipinski definition) is 1. The molecule has 1 unspecified atom stereocenters. The average molecular weight is 486 g/mol. The monoisotopic (exact) mass is 485 g/mol. The summed E-state index contributed by atoms with van der Waals surface area (Å²) in [5, 5.41) is 10.9. The molecule has 0 aromatic heterocycles. The minimum absolute atomic E-state index is 0.166. The van der Waals surface area contributed by atoms with E-state index in [1.54, 1.807) is 36.4 Å². The van der Waals surface area contributed by atoms with E-state index in [0.717, 1.165) is 0 Å². The Balaban J connectivity index is 1.49. The third-order valence-corrected chi connectivity index (χ3v) is 6.00. The van der Waals surface area contributed by atoms with Crippen LogP contribution in [0.3, 0.4) is 0 Å². The summed E-state index contributed by atoms with van der Waals surface area (Å²) in [6.07, 6.45) is -0.978. The van der Waals surface area contributed by atoms with Crippen LogP contribution in [0.25, 0.3) is 0 Å². The molecule has 1 atom stereocenters. The number of carbonyl (C=O) groups excluding carboxylic acids is 2. The maximum atomic E-state index is 15.1. The fraction of sp³-hybridized carbons (Fsp3) is 0.462. The Morgan fingerprint density at radius 1 is 1.09 bits per heavy atom. The van der Waals surface area contributed by atoms with Crippen molar-refractivity contribution in [1.82, 2.24) is 4.90 Å². The van der Waals surface area contributed by atoms with Crippen LogP contribution in [0, 0.1) is 5.82 Å². The first-order chi connectivity index (χ1) is 16.7. The van der Waals surface area contributed by atoms with E-state index in [1.807, 2.05) is 25.7 Å². The molecule has 0 radical (unpaired) electrons. The van der Waals surface area contributed by atoms with Gasteiger partial charge in [-0.15, -0.1) is 0 Å². The molecular formula is C26H32FN3O5. The first-order valence-corrected chi connectivity index (χ1v) is 11.9. The molecule has 0 spiro atoms. The number of nitrogens with zero attached hydrogens (tertiary/aromatic N) is 3. The van der Waals surface area contributed by atoms with Crippen LogP contribution in [0.4, 0.5) is 15.8 Å². The highest BCUT2D eigenvalue weighted by Crippen LogP contribution is 2.28. The van der Waals surface area contributed by atoms with E-state index in [4.69, 9.17) is 9.47 Å². The van der Waals surface area contributed by atoms with E-state index in [2.05, 4.69) is 0 Å². The zero-order chi connectivity index (χ0) is 25.2. The average Bonchev–Trinajstić information content (AvgIpc) is 3.06. The molecule has 0 aliphatic carbocycles. The highest BCUT2D eigenvalue weighted by atomic mass is 19.1. The molecule has 2 aromatic carbocycles. The van der Waals surface area contributed by atoms with Gasteiger partial charge in [0.05, 0.1) is 35.6 Å². The Bertz CT molecular complexity index is 1050. The second-order valence-electron chi connectivity index (χ2n) is 9.65. The number of benzene rings is 2. The topological polar surface area (TPSA) is 82.6 Å². The van der Waals surface area contributed by atoms with Crippen LogP contribution in [-0.4, -0.2) is 73.2 Å². The number of carbonyl (C=O) groups is 2. The Morgan fingerprint density at radius 2 is 1.71 bits per heavy atom. The molecule has 1 N–H and O–H groups in total. The van der Waals surface area contributed by atoms with Crippen molar-refractivity contribution < 1.29 is 28.6 Å². The lowest BCUT2D eigenvalue weighted by Gasteiger charge is -2.35. The van der Waals surface area contributed by atoms with E-state index < -0.39 is 17.8 Å². The number of fused-ring (bicyclic) bond motifs is 1. The largest absolute Gasteiger partial charge is 0.378 e. The normalized spacial score (nSPS) is 17.1. The van der Waals surface area contributed by atoms with Crippen LogP contribution in [-0.2, 0) is 9.47 Å². The van der Waals surface area contributed by atoms with Gasteiger partial charge < -0.3 is 24.4 Å². The van der Waals surface area contributed by atoms with Gasteiger partial charge in [0, 0.05) is 31.9 Å². The van der Waals surface area contributed by atoms with Gasteiger partial charge in [0.1, 0.15) is 5.82 Å². The third kappa shape index (κ3) is 5.63. The highest BCUT2D eigenvalue weighted by molar-refractivity contribution is 6.21. The highest BCUT2D eigenvalue weighted by Gasteiger charge is 2.35. The van der Waals surface area contributed by atoms with E-state index in [9.17, 15) is 14.7 Å². The summed E-state index contributed by atoms with van der Waals surface area (Å²) in [6, 6.07) is 11.5. The molecule has 1 saturated heterocycles.